The zero-order chi connectivity index (χ0) is 17.8. The Balaban J connectivity index is 1.57. The zero-order valence-electron chi connectivity index (χ0n) is 14.3. The molecule has 1 fully saturated rings. The third-order valence-electron chi connectivity index (χ3n) is 4.36. The minimum atomic E-state index is 0.494. The van der Waals surface area contributed by atoms with Gasteiger partial charge in [-0.05, 0) is 55.7 Å². The van der Waals surface area contributed by atoms with Gasteiger partial charge in [0.25, 0.3) is 0 Å². The van der Waals surface area contributed by atoms with Gasteiger partial charge in [-0.2, -0.15) is 4.98 Å². The lowest BCUT2D eigenvalue weighted by Crippen LogP contribution is -2.30. The highest BCUT2D eigenvalue weighted by Crippen LogP contribution is 2.23. The second-order valence-electron chi connectivity index (χ2n) is 6.22. The maximum atomic E-state index is 5.92. The number of hydrogen-bond donors (Lipinski definition) is 1. The van der Waals surface area contributed by atoms with Crippen LogP contribution in [-0.2, 0) is 0 Å². The Bertz CT molecular complexity index is 877. The average molecular weight is 367 g/mol. The molecular weight excluding hydrogens is 348 g/mol. The van der Waals surface area contributed by atoms with E-state index in [1.54, 1.807) is 0 Å². The largest absolute Gasteiger partial charge is 0.357 e. The second kappa shape index (κ2) is 7.66. The average Bonchev–Trinajstić information content (AvgIpc) is 2.71. The first-order chi connectivity index (χ1) is 12.8. The van der Waals surface area contributed by atoms with E-state index in [1.165, 1.54) is 25.6 Å². The van der Waals surface area contributed by atoms with Crippen molar-refractivity contribution < 1.29 is 0 Å². The highest BCUT2D eigenvalue weighted by atomic mass is 35.5. The van der Waals surface area contributed by atoms with Crippen molar-refractivity contribution in [2.45, 2.75) is 19.3 Å². The summed E-state index contributed by atoms with van der Waals surface area (Å²) in [6, 6.07) is 11.4. The molecule has 0 saturated carbocycles. The van der Waals surface area contributed by atoms with Crippen LogP contribution in [0.5, 0.6) is 0 Å². The first-order valence-corrected chi connectivity index (χ1v) is 9.09. The Morgan fingerprint density at radius 3 is 2.54 bits per heavy atom. The highest BCUT2D eigenvalue weighted by Gasteiger charge is 2.13. The predicted octanol–water partition coefficient (Wildman–Crippen LogP) is 4.32. The van der Waals surface area contributed by atoms with Crippen molar-refractivity contribution in [1.29, 1.82) is 0 Å². The van der Waals surface area contributed by atoms with Crippen LogP contribution in [0.15, 0.2) is 48.9 Å². The summed E-state index contributed by atoms with van der Waals surface area (Å²) in [4.78, 5) is 19.9. The summed E-state index contributed by atoms with van der Waals surface area (Å²) in [6.07, 6.45) is 7.06. The van der Waals surface area contributed by atoms with E-state index in [-0.39, 0.29) is 0 Å². The van der Waals surface area contributed by atoms with Crippen LogP contribution in [0.2, 0.25) is 5.02 Å². The van der Waals surface area contributed by atoms with Crippen LogP contribution in [0.25, 0.3) is 11.4 Å². The molecule has 0 amide bonds. The van der Waals surface area contributed by atoms with Crippen molar-refractivity contribution in [2.24, 2.45) is 0 Å². The molecule has 1 N–H and O–H groups in total. The third kappa shape index (κ3) is 3.91. The summed E-state index contributed by atoms with van der Waals surface area (Å²) in [5.41, 5.74) is 1.80. The fourth-order valence-corrected chi connectivity index (χ4v) is 3.14. The third-order valence-corrected chi connectivity index (χ3v) is 4.61. The number of nitrogens with zero attached hydrogens (tertiary/aromatic N) is 5. The van der Waals surface area contributed by atoms with Crippen LogP contribution < -0.4 is 10.2 Å². The number of rotatable bonds is 4. The van der Waals surface area contributed by atoms with Crippen molar-refractivity contribution in [3.63, 3.8) is 0 Å². The van der Waals surface area contributed by atoms with Gasteiger partial charge in [0, 0.05) is 35.6 Å². The molecule has 0 aliphatic carbocycles. The van der Waals surface area contributed by atoms with E-state index >= 15 is 0 Å². The Hall–Kier alpha value is -2.73. The Morgan fingerprint density at radius 1 is 0.923 bits per heavy atom. The number of hydrogen-bond acceptors (Lipinski definition) is 6. The summed E-state index contributed by atoms with van der Waals surface area (Å²) in [7, 11) is 0. The molecule has 0 bridgehead atoms. The summed E-state index contributed by atoms with van der Waals surface area (Å²) in [6.45, 7) is 2.11. The molecule has 3 aromatic rings. The van der Waals surface area contributed by atoms with E-state index in [0.29, 0.717) is 16.8 Å². The van der Waals surface area contributed by atoms with Crippen LogP contribution in [-0.4, -0.2) is 33.0 Å². The van der Waals surface area contributed by atoms with Crippen molar-refractivity contribution in [3.05, 3.63) is 53.9 Å². The van der Waals surface area contributed by atoms with Gasteiger partial charge in [-0.15, -0.1) is 0 Å². The molecule has 1 saturated heterocycles. The lowest BCUT2D eigenvalue weighted by molar-refractivity contribution is 0.573. The summed E-state index contributed by atoms with van der Waals surface area (Å²) in [5.74, 6) is 2.10. The molecule has 0 radical (unpaired) electrons. The van der Waals surface area contributed by atoms with E-state index < -0.39 is 0 Å². The van der Waals surface area contributed by atoms with Gasteiger partial charge in [-0.3, -0.25) is 0 Å². The van der Waals surface area contributed by atoms with Gasteiger partial charge < -0.3 is 10.2 Å². The van der Waals surface area contributed by atoms with Gasteiger partial charge >= 0.3 is 0 Å². The molecule has 1 aromatic carbocycles. The molecule has 3 heterocycles. The van der Waals surface area contributed by atoms with E-state index in [2.05, 4.69) is 30.2 Å². The van der Waals surface area contributed by atoms with Crippen LogP contribution in [0.3, 0.4) is 0 Å². The lowest BCUT2D eigenvalue weighted by Gasteiger charge is -2.27. The number of benzene rings is 1. The molecule has 0 unspecified atom stereocenters. The first-order valence-electron chi connectivity index (χ1n) is 8.71. The Morgan fingerprint density at radius 2 is 1.73 bits per heavy atom. The van der Waals surface area contributed by atoms with Gasteiger partial charge in [0.2, 0.25) is 5.95 Å². The monoisotopic (exact) mass is 366 g/mol. The summed E-state index contributed by atoms with van der Waals surface area (Å²) < 4.78 is 0. The zero-order valence-corrected chi connectivity index (χ0v) is 15.0. The fraction of sp³-hybridized carbons (Fsp3) is 0.263. The van der Waals surface area contributed by atoms with E-state index in [4.69, 9.17) is 11.6 Å². The number of pyridine rings is 1. The van der Waals surface area contributed by atoms with E-state index in [1.807, 2.05) is 42.6 Å². The van der Waals surface area contributed by atoms with Crippen LogP contribution in [0, 0.1) is 0 Å². The molecule has 2 aromatic heterocycles. The van der Waals surface area contributed by atoms with Crippen molar-refractivity contribution in [2.75, 3.05) is 23.3 Å². The minimum Gasteiger partial charge on any atom is -0.357 e. The smallest absolute Gasteiger partial charge is 0.230 e. The fourth-order valence-electron chi connectivity index (χ4n) is 3.01. The van der Waals surface area contributed by atoms with Gasteiger partial charge in [0.05, 0.1) is 0 Å². The Kier molecular flexibility index (Phi) is 4.93. The van der Waals surface area contributed by atoms with Crippen LogP contribution >= 0.6 is 11.6 Å². The van der Waals surface area contributed by atoms with Crippen LogP contribution in [0.4, 0.5) is 17.5 Å². The maximum Gasteiger partial charge on any atom is 0.230 e. The standard InChI is InChI=1S/C19H19ClN6/c20-15-4-6-16(7-5-15)24-19-23-13-22-18(25-19)14-8-9-21-17(12-14)26-10-2-1-3-11-26/h4-9,12-13H,1-3,10-11H2,(H,22,23,24,25). The minimum absolute atomic E-state index is 0.494. The number of piperidine rings is 1. The topological polar surface area (TPSA) is 66.8 Å². The van der Waals surface area contributed by atoms with Crippen LogP contribution in [0.1, 0.15) is 19.3 Å². The second-order valence-corrected chi connectivity index (χ2v) is 6.65. The van der Waals surface area contributed by atoms with Gasteiger partial charge in [-0.25, -0.2) is 15.0 Å². The van der Waals surface area contributed by atoms with Gasteiger partial charge in [-0.1, -0.05) is 11.6 Å². The predicted molar refractivity (Wildman–Crippen MR) is 104 cm³/mol. The molecule has 4 rings (SSSR count). The molecule has 1 aliphatic heterocycles. The molecular formula is C19H19ClN6. The summed E-state index contributed by atoms with van der Waals surface area (Å²) in [5, 5.41) is 3.86. The van der Waals surface area contributed by atoms with Crippen molar-refractivity contribution in [1.82, 2.24) is 19.9 Å². The van der Waals surface area contributed by atoms with E-state index in [9.17, 15) is 0 Å². The normalized spacial score (nSPS) is 14.3. The number of anilines is 3. The molecule has 6 nitrogen and oxygen atoms in total. The van der Waals surface area contributed by atoms with Crippen molar-refractivity contribution >= 4 is 29.1 Å². The number of aromatic nitrogens is 4. The first kappa shape index (κ1) is 16.7. The molecule has 26 heavy (non-hydrogen) atoms. The van der Waals surface area contributed by atoms with Crippen molar-refractivity contribution in [3.8, 4) is 11.4 Å². The molecule has 0 atom stereocenters. The molecule has 0 spiro atoms. The summed E-state index contributed by atoms with van der Waals surface area (Å²) >= 11 is 5.92. The SMILES string of the molecule is Clc1ccc(Nc2ncnc(-c3ccnc(N4CCCCC4)c3)n2)cc1. The van der Waals surface area contributed by atoms with Gasteiger partial charge in [0.15, 0.2) is 5.82 Å². The quantitative estimate of drug-likeness (QED) is 0.741. The maximum absolute atomic E-state index is 5.92. The number of nitrogens with one attached hydrogen (secondary N) is 1. The molecule has 7 heteroatoms. The molecule has 132 valence electrons. The molecule has 1 aliphatic rings. The van der Waals surface area contributed by atoms with E-state index in [0.717, 1.165) is 30.2 Å². The number of halogens is 1. The Labute approximate surface area is 157 Å². The lowest BCUT2D eigenvalue weighted by atomic mass is 10.1. The highest BCUT2D eigenvalue weighted by molar-refractivity contribution is 6.30. The van der Waals surface area contributed by atoms with Gasteiger partial charge in [0.1, 0.15) is 12.1 Å².